The third kappa shape index (κ3) is 2.09. The average Bonchev–Trinajstić information content (AvgIpc) is 2.77. The van der Waals surface area contributed by atoms with Crippen molar-refractivity contribution in [3.05, 3.63) is 29.8 Å². The monoisotopic (exact) mass is 218 g/mol. The molecule has 1 atom stereocenters. The molecule has 0 saturated carbocycles. The van der Waals surface area contributed by atoms with Gasteiger partial charge in [-0.3, -0.25) is 4.98 Å². The highest BCUT2D eigenvalue weighted by Crippen LogP contribution is 2.19. The molecule has 2 rings (SSSR count). The Labute approximate surface area is 93.7 Å². The fraction of sp³-hybridized carbons (Fsp3) is 0.364. The molecule has 84 valence electrons. The van der Waals surface area contributed by atoms with Crippen LogP contribution in [0.3, 0.4) is 0 Å². The number of aromatic nitrogens is 3. The second kappa shape index (κ2) is 4.40. The van der Waals surface area contributed by atoms with Gasteiger partial charge in [0.05, 0.1) is 6.04 Å². The maximum absolute atomic E-state index is 5.82. The molecule has 0 bridgehead atoms. The largest absolute Gasteiger partial charge is 0.334 e. The average molecular weight is 218 g/mol. The van der Waals surface area contributed by atoms with E-state index in [-0.39, 0.29) is 6.04 Å². The molecule has 0 aliphatic rings. The number of hydrogen-bond donors (Lipinski definition) is 1. The van der Waals surface area contributed by atoms with E-state index in [1.54, 1.807) is 6.20 Å². The Balaban J connectivity index is 2.31. The summed E-state index contributed by atoms with van der Waals surface area (Å²) in [5, 5.41) is 3.86. The Morgan fingerprint density at radius 1 is 1.50 bits per heavy atom. The highest BCUT2D eigenvalue weighted by atomic mass is 16.5. The third-order valence-corrected chi connectivity index (χ3v) is 2.36. The first-order chi connectivity index (χ1) is 7.70. The van der Waals surface area contributed by atoms with Gasteiger partial charge in [-0.25, -0.2) is 0 Å². The Morgan fingerprint density at radius 3 is 3.00 bits per heavy atom. The molecule has 1 unspecified atom stereocenters. The van der Waals surface area contributed by atoms with Crippen molar-refractivity contribution in [2.24, 2.45) is 5.73 Å². The summed E-state index contributed by atoms with van der Waals surface area (Å²) in [7, 11) is 0. The zero-order valence-corrected chi connectivity index (χ0v) is 9.34. The van der Waals surface area contributed by atoms with Crippen LogP contribution >= 0.6 is 0 Å². The van der Waals surface area contributed by atoms with Crippen LogP contribution in [0.4, 0.5) is 0 Å². The van der Waals surface area contributed by atoms with Crippen molar-refractivity contribution in [3.63, 3.8) is 0 Å². The van der Waals surface area contributed by atoms with Gasteiger partial charge in [-0.1, -0.05) is 12.1 Å². The number of rotatable bonds is 3. The minimum absolute atomic E-state index is 0.166. The summed E-state index contributed by atoms with van der Waals surface area (Å²) in [5.41, 5.74) is 7.60. The molecule has 0 aliphatic heterocycles. The standard InChI is InChI=1S/C11H14N4O/c1-3-9(12)10-14-11(16-15-10)8-4-5-13-7(2)6-8/h4-6,9H,3,12H2,1-2H3. The number of pyridine rings is 1. The SMILES string of the molecule is CCC(N)c1noc(-c2ccnc(C)c2)n1. The summed E-state index contributed by atoms with van der Waals surface area (Å²) in [6.45, 7) is 3.90. The van der Waals surface area contributed by atoms with E-state index in [2.05, 4.69) is 15.1 Å². The maximum Gasteiger partial charge on any atom is 0.258 e. The second-order valence-electron chi connectivity index (χ2n) is 3.66. The molecule has 2 aromatic rings. The molecule has 0 aromatic carbocycles. The zero-order chi connectivity index (χ0) is 11.5. The topological polar surface area (TPSA) is 77.8 Å². The molecule has 5 nitrogen and oxygen atoms in total. The van der Waals surface area contributed by atoms with Gasteiger partial charge in [-0.15, -0.1) is 0 Å². The van der Waals surface area contributed by atoms with Crippen LogP contribution < -0.4 is 5.73 Å². The number of nitrogens with two attached hydrogens (primary N) is 1. The normalized spacial score (nSPS) is 12.7. The second-order valence-corrected chi connectivity index (χ2v) is 3.66. The van der Waals surface area contributed by atoms with Gasteiger partial charge in [0.2, 0.25) is 0 Å². The van der Waals surface area contributed by atoms with Crippen molar-refractivity contribution in [1.29, 1.82) is 0 Å². The summed E-state index contributed by atoms with van der Waals surface area (Å²) in [6.07, 6.45) is 2.50. The fourth-order valence-corrected chi connectivity index (χ4v) is 1.36. The van der Waals surface area contributed by atoms with Crippen molar-refractivity contribution in [2.45, 2.75) is 26.3 Å². The van der Waals surface area contributed by atoms with E-state index in [4.69, 9.17) is 10.3 Å². The molecule has 2 aromatic heterocycles. The lowest BCUT2D eigenvalue weighted by molar-refractivity contribution is 0.415. The molecule has 0 amide bonds. The number of aryl methyl sites for hydroxylation is 1. The van der Waals surface area contributed by atoms with Crippen molar-refractivity contribution < 1.29 is 4.52 Å². The predicted molar refractivity (Wildman–Crippen MR) is 59.5 cm³/mol. The molecular formula is C11H14N4O. The van der Waals surface area contributed by atoms with E-state index < -0.39 is 0 Å². The predicted octanol–water partition coefficient (Wildman–Crippen LogP) is 1.85. The zero-order valence-electron chi connectivity index (χ0n) is 9.34. The minimum Gasteiger partial charge on any atom is -0.334 e. The van der Waals surface area contributed by atoms with Crippen LogP contribution in [0.25, 0.3) is 11.5 Å². The molecular weight excluding hydrogens is 204 g/mol. The van der Waals surface area contributed by atoms with E-state index in [0.29, 0.717) is 11.7 Å². The summed E-state index contributed by atoms with van der Waals surface area (Å²) in [5.74, 6) is 1.04. The fourth-order valence-electron chi connectivity index (χ4n) is 1.36. The van der Waals surface area contributed by atoms with E-state index in [1.165, 1.54) is 0 Å². The van der Waals surface area contributed by atoms with Crippen LogP contribution in [0.15, 0.2) is 22.9 Å². The van der Waals surface area contributed by atoms with Crippen molar-refractivity contribution in [3.8, 4) is 11.5 Å². The summed E-state index contributed by atoms with van der Waals surface area (Å²) in [4.78, 5) is 8.37. The quantitative estimate of drug-likeness (QED) is 0.850. The molecule has 0 aliphatic carbocycles. The number of nitrogens with zero attached hydrogens (tertiary/aromatic N) is 3. The molecule has 5 heteroatoms. The van der Waals surface area contributed by atoms with Crippen LogP contribution in [0.5, 0.6) is 0 Å². The van der Waals surface area contributed by atoms with E-state index in [9.17, 15) is 0 Å². The molecule has 0 fully saturated rings. The van der Waals surface area contributed by atoms with Crippen molar-refractivity contribution in [2.75, 3.05) is 0 Å². The Morgan fingerprint density at radius 2 is 2.31 bits per heavy atom. The summed E-state index contributed by atoms with van der Waals surface area (Å²) < 4.78 is 5.16. The van der Waals surface area contributed by atoms with Crippen LogP contribution in [0, 0.1) is 6.92 Å². The first kappa shape index (κ1) is 10.8. The van der Waals surface area contributed by atoms with E-state index >= 15 is 0 Å². The van der Waals surface area contributed by atoms with Gasteiger partial charge in [-0.2, -0.15) is 4.98 Å². The van der Waals surface area contributed by atoms with Crippen LogP contribution in [-0.4, -0.2) is 15.1 Å². The molecule has 2 N–H and O–H groups in total. The van der Waals surface area contributed by atoms with Gasteiger partial charge >= 0.3 is 0 Å². The minimum atomic E-state index is -0.166. The highest BCUT2D eigenvalue weighted by Gasteiger charge is 2.13. The van der Waals surface area contributed by atoms with Gasteiger partial charge in [-0.05, 0) is 25.5 Å². The highest BCUT2D eigenvalue weighted by molar-refractivity contribution is 5.52. The Hall–Kier alpha value is -1.75. The van der Waals surface area contributed by atoms with E-state index in [0.717, 1.165) is 17.7 Å². The molecule has 0 radical (unpaired) electrons. The van der Waals surface area contributed by atoms with Crippen LogP contribution in [-0.2, 0) is 0 Å². The van der Waals surface area contributed by atoms with Crippen LogP contribution in [0.1, 0.15) is 30.9 Å². The first-order valence-electron chi connectivity index (χ1n) is 5.23. The van der Waals surface area contributed by atoms with E-state index in [1.807, 2.05) is 26.0 Å². The molecule has 0 spiro atoms. The molecule has 16 heavy (non-hydrogen) atoms. The lowest BCUT2D eigenvalue weighted by Gasteiger charge is -1.99. The van der Waals surface area contributed by atoms with Gasteiger partial charge in [0.25, 0.3) is 5.89 Å². The summed E-state index contributed by atoms with van der Waals surface area (Å²) >= 11 is 0. The number of hydrogen-bond acceptors (Lipinski definition) is 5. The van der Waals surface area contributed by atoms with Crippen molar-refractivity contribution >= 4 is 0 Å². The van der Waals surface area contributed by atoms with Crippen LogP contribution in [0.2, 0.25) is 0 Å². The van der Waals surface area contributed by atoms with Gasteiger partial charge in [0.15, 0.2) is 5.82 Å². The first-order valence-corrected chi connectivity index (χ1v) is 5.23. The smallest absolute Gasteiger partial charge is 0.258 e. The Kier molecular flexibility index (Phi) is 2.96. The van der Waals surface area contributed by atoms with Gasteiger partial charge in [0, 0.05) is 17.5 Å². The summed E-state index contributed by atoms with van der Waals surface area (Å²) in [6, 6.07) is 3.57. The third-order valence-electron chi connectivity index (χ3n) is 2.36. The molecule has 2 heterocycles. The lowest BCUT2D eigenvalue weighted by Crippen LogP contribution is -2.10. The Bertz CT molecular complexity index is 480. The molecule has 0 saturated heterocycles. The van der Waals surface area contributed by atoms with Gasteiger partial charge in [0.1, 0.15) is 0 Å². The lowest BCUT2D eigenvalue weighted by atomic mass is 10.2. The maximum atomic E-state index is 5.82. The van der Waals surface area contributed by atoms with Gasteiger partial charge < -0.3 is 10.3 Å². The van der Waals surface area contributed by atoms with Crippen molar-refractivity contribution in [1.82, 2.24) is 15.1 Å².